The maximum absolute atomic E-state index is 11.7. The summed E-state index contributed by atoms with van der Waals surface area (Å²) in [5.41, 5.74) is 1.95. The molecule has 17 heavy (non-hydrogen) atoms. The number of anilines is 1. The lowest BCUT2D eigenvalue weighted by Gasteiger charge is -2.15. The van der Waals surface area contributed by atoms with E-state index in [1.807, 2.05) is 0 Å². The van der Waals surface area contributed by atoms with Gasteiger partial charge in [0.1, 0.15) is 0 Å². The molecule has 0 saturated carbocycles. The highest BCUT2D eigenvalue weighted by atomic mass is 35.5. The van der Waals surface area contributed by atoms with Gasteiger partial charge in [0, 0.05) is 15.6 Å². The molecule has 1 aromatic carbocycles. The summed E-state index contributed by atoms with van der Waals surface area (Å²) in [7, 11) is 0. The van der Waals surface area contributed by atoms with Gasteiger partial charge in [0.25, 0.3) is 11.7 Å². The second-order valence-corrected chi connectivity index (χ2v) is 4.58. The first kappa shape index (κ1) is 12.4. The molecule has 0 aromatic heterocycles. The van der Waals surface area contributed by atoms with Gasteiger partial charge in [0.05, 0.1) is 17.8 Å². The molecule has 1 aromatic rings. The summed E-state index contributed by atoms with van der Waals surface area (Å²) in [6.45, 7) is 0.0585. The largest absolute Gasteiger partial charge is 0.299 e. The van der Waals surface area contributed by atoms with Crippen molar-refractivity contribution in [3.63, 3.8) is 0 Å². The highest BCUT2D eigenvalue weighted by Gasteiger charge is 2.35. The van der Waals surface area contributed by atoms with Crippen molar-refractivity contribution in [2.75, 3.05) is 11.4 Å². The third-order valence-electron chi connectivity index (χ3n) is 2.36. The number of amides is 1. The second kappa shape index (κ2) is 4.69. The quantitative estimate of drug-likeness (QED) is 0.785. The SMILES string of the molecule is O=C1C(=O)N(CC(Cl)=CCl)c2cc(Cl)ccc21. The van der Waals surface area contributed by atoms with Crippen molar-refractivity contribution in [1.82, 2.24) is 0 Å². The predicted octanol–water partition coefficient (Wildman–Crippen LogP) is 3.19. The first-order valence-electron chi connectivity index (χ1n) is 4.65. The Bertz CT molecular complexity index is 540. The van der Waals surface area contributed by atoms with Crippen molar-refractivity contribution in [1.29, 1.82) is 0 Å². The Morgan fingerprint density at radius 3 is 2.71 bits per heavy atom. The van der Waals surface area contributed by atoms with Gasteiger partial charge in [-0.3, -0.25) is 14.5 Å². The minimum Gasteiger partial charge on any atom is -0.299 e. The van der Waals surface area contributed by atoms with Crippen LogP contribution in [0.4, 0.5) is 5.69 Å². The molecule has 0 radical (unpaired) electrons. The average molecular weight is 291 g/mol. The molecule has 0 N–H and O–H groups in total. The maximum atomic E-state index is 11.7. The molecule has 6 heteroatoms. The zero-order valence-corrected chi connectivity index (χ0v) is 10.7. The van der Waals surface area contributed by atoms with E-state index in [0.717, 1.165) is 5.54 Å². The number of hydrogen-bond donors (Lipinski definition) is 0. The topological polar surface area (TPSA) is 37.4 Å². The van der Waals surface area contributed by atoms with E-state index in [2.05, 4.69) is 0 Å². The highest BCUT2D eigenvalue weighted by molar-refractivity contribution is 6.53. The Morgan fingerprint density at radius 1 is 1.35 bits per heavy atom. The zero-order valence-electron chi connectivity index (χ0n) is 8.41. The molecule has 1 aliphatic heterocycles. The van der Waals surface area contributed by atoms with E-state index in [-0.39, 0.29) is 11.6 Å². The van der Waals surface area contributed by atoms with E-state index < -0.39 is 11.7 Å². The predicted molar refractivity (Wildman–Crippen MR) is 67.9 cm³/mol. The molecular weight excluding hydrogens is 284 g/mol. The number of carbonyl (C=O) groups excluding carboxylic acids is 2. The summed E-state index contributed by atoms with van der Waals surface area (Å²) in [6.07, 6.45) is 0. The molecule has 3 nitrogen and oxygen atoms in total. The number of Topliss-reactive ketones (excluding diaryl/α,β-unsaturated/α-hetero) is 1. The second-order valence-electron chi connectivity index (χ2n) is 3.44. The molecule has 0 bridgehead atoms. The molecule has 0 saturated heterocycles. The van der Waals surface area contributed by atoms with Crippen LogP contribution in [0.2, 0.25) is 5.02 Å². The number of ketones is 1. The van der Waals surface area contributed by atoms with E-state index in [1.54, 1.807) is 12.1 Å². The van der Waals surface area contributed by atoms with Gasteiger partial charge >= 0.3 is 0 Å². The molecule has 0 unspecified atom stereocenters. The lowest BCUT2D eigenvalue weighted by Crippen LogP contribution is -2.30. The van der Waals surface area contributed by atoms with Gasteiger partial charge < -0.3 is 0 Å². The summed E-state index contributed by atoms with van der Waals surface area (Å²) in [4.78, 5) is 24.6. The maximum Gasteiger partial charge on any atom is 0.299 e. The molecule has 2 rings (SSSR count). The first-order valence-corrected chi connectivity index (χ1v) is 5.84. The van der Waals surface area contributed by atoms with Crippen LogP contribution >= 0.6 is 34.8 Å². The van der Waals surface area contributed by atoms with Gasteiger partial charge in [-0.2, -0.15) is 0 Å². The number of halogens is 3. The lowest BCUT2D eigenvalue weighted by atomic mass is 10.1. The van der Waals surface area contributed by atoms with Crippen LogP contribution in [0.3, 0.4) is 0 Å². The van der Waals surface area contributed by atoms with Crippen molar-refractivity contribution in [2.45, 2.75) is 0 Å². The Hall–Kier alpha value is -1.03. The first-order chi connectivity index (χ1) is 8.04. The van der Waals surface area contributed by atoms with Gasteiger partial charge in [-0.1, -0.05) is 34.8 Å². The summed E-state index contributed by atoms with van der Waals surface area (Å²) < 4.78 is 0. The Labute approximate surface area is 113 Å². The highest BCUT2D eigenvalue weighted by Crippen LogP contribution is 2.32. The van der Waals surface area contributed by atoms with Crippen molar-refractivity contribution in [3.8, 4) is 0 Å². The molecule has 0 spiro atoms. The normalized spacial score (nSPS) is 15.5. The zero-order chi connectivity index (χ0) is 12.6. The number of hydrogen-bond acceptors (Lipinski definition) is 2. The standard InChI is InChI=1S/C11H6Cl3NO2/c12-4-7(14)5-15-9-3-6(13)1-2-8(9)10(16)11(15)17/h1-4H,5H2. The molecule has 88 valence electrons. The number of benzene rings is 1. The molecule has 0 atom stereocenters. The van der Waals surface area contributed by atoms with Gasteiger partial charge in [-0.05, 0) is 18.2 Å². The fourth-order valence-electron chi connectivity index (χ4n) is 1.61. The van der Waals surface area contributed by atoms with Crippen LogP contribution in [0.1, 0.15) is 10.4 Å². The fraction of sp³-hybridized carbons (Fsp3) is 0.0909. The van der Waals surface area contributed by atoms with Crippen LogP contribution in [0.25, 0.3) is 0 Å². The van der Waals surface area contributed by atoms with Gasteiger partial charge in [0.15, 0.2) is 0 Å². The Morgan fingerprint density at radius 2 is 2.06 bits per heavy atom. The number of carbonyl (C=O) groups is 2. The van der Waals surface area contributed by atoms with E-state index in [0.29, 0.717) is 16.3 Å². The third-order valence-corrected chi connectivity index (χ3v) is 3.20. The number of fused-ring (bicyclic) bond motifs is 1. The van der Waals surface area contributed by atoms with E-state index >= 15 is 0 Å². The molecule has 1 aliphatic rings. The Balaban J connectivity index is 2.46. The van der Waals surface area contributed by atoms with Crippen LogP contribution in [-0.4, -0.2) is 18.2 Å². The third kappa shape index (κ3) is 2.18. The molecule has 0 fully saturated rings. The van der Waals surface area contributed by atoms with Gasteiger partial charge in [-0.25, -0.2) is 0 Å². The van der Waals surface area contributed by atoms with Crippen molar-refractivity contribution in [3.05, 3.63) is 39.4 Å². The molecule has 0 aliphatic carbocycles. The molecule has 1 heterocycles. The van der Waals surface area contributed by atoms with E-state index in [1.165, 1.54) is 11.0 Å². The van der Waals surface area contributed by atoms with Crippen molar-refractivity contribution >= 4 is 52.2 Å². The molecular formula is C11H6Cl3NO2. The van der Waals surface area contributed by atoms with E-state index in [4.69, 9.17) is 34.8 Å². The average Bonchev–Trinajstić information content (AvgIpc) is 2.54. The minimum atomic E-state index is -0.626. The van der Waals surface area contributed by atoms with Crippen LogP contribution < -0.4 is 4.90 Å². The minimum absolute atomic E-state index is 0.0585. The summed E-state index contributed by atoms with van der Waals surface area (Å²) >= 11 is 17.0. The van der Waals surface area contributed by atoms with Crippen LogP contribution in [0.5, 0.6) is 0 Å². The number of rotatable bonds is 2. The monoisotopic (exact) mass is 289 g/mol. The van der Waals surface area contributed by atoms with Gasteiger partial charge in [-0.15, -0.1) is 0 Å². The van der Waals surface area contributed by atoms with Crippen molar-refractivity contribution in [2.24, 2.45) is 0 Å². The number of nitrogens with zero attached hydrogens (tertiary/aromatic N) is 1. The van der Waals surface area contributed by atoms with Gasteiger partial charge in [0.2, 0.25) is 0 Å². The van der Waals surface area contributed by atoms with Crippen molar-refractivity contribution < 1.29 is 9.59 Å². The fourth-order valence-corrected chi connectivity index (χ4v) is 1.96. The summed E-state index contributed by atoms with van der Waals surface area (Å²) in [5, 5.41) is 0.711. The lowest BCUT2D eigenvalue weighted by molar-refractivity contribution is -0.114. The summed E-state index contributed by atoms with van der Waals surface area (Å²) in [5.74, 6) is -1.19. The van der Waals surface area contributed by atoms with E-state index in [9.17, 15) is 9.59 Å². The Kier molecular flexibility index (Phi) is 3.43. The smallest absolute Gasteiger partial charge is 0.299 e. The van der Waals surface area contributed by atoms with Crippen LogP contribution in [0, 0.1) is 0 Å². The summed E-state index contributed by atoms with van der Waals surface area (Å²) in [6, 6.07) is 4.64. The molecule has 1 amide bonds. The van der Waals surface area contributed by atoms with Crippen LogP contribution in [0.15, 0.2) is 28.8 Å². The van der Waals surface area contributed by atoms with Crippen LogP contribution in [-0.2, 0) is 4.79 Å².